The van der Waals surface area contributed by atoms with Gasteiger partial charge in [-0.3, -0.25) is 0 Å². The van der Waals surface area contributed by atoms with Crippen LogP contribution in [0.5, 0.6) is 0 Å². The Labute approximate surface area is 410 Å². The third-order valence-electron chi connectivity index (χ3n) is 13.4. The predicted octanol–water partition coefficient (Wildman–Crippen LogP) is 16.9. The maximum Gasteiger partial charge on any atom is 0.221 e. The van der Waals surface area contributed by atoms with Gasteiger partial charge in [0.25, 0.3) is 0 Å². The molecule has 69 heavy (non-hydrogen) atoms. The molecule has 0 unspecified atom stereocenters. The Morgan fingerprint density at radius 3 is 1.43 bits per heavy atom. The first-order valence-electron chi connectivity index (χ1n) is 28.4. The molecule has 15 rings (SSSR count). The Morgan fingerprint density at radius 1 is 0.435 bits per heavy atom. The van der Waals surface area contributed by atoms with Crippen LogP contribution >= 0.6 is 0 Å². The summed E-state index contributed by atoms with van der Waals surface area (Å²) < 4.78 is 140. The Hall–Kier alpha value is -9.82. The van der Waals surface area contributed by atoms with E-state index >= 15 is 0 Å². The van der Waals surface area contributed by atoms with Gasteiger partial charge in [0.2, 0.25) is 5.69 Å². The second-order valence-electron chi connectivity index (χ2n) is 16.7. The van der Waals surface area contributed by atoms with Crippen LogP contribution < -0.4 is 0 Å². The van der Waals surface area contributed by atoms with Crippen LogP contribution in [0.25, 0.3) is 142 Å². The predicted molar refractivity (Wildman–Crippen MR) is 280 cm³/mol. The summed E-state index contributed by atoms with van der Waals surface area (Å²) in [5.41, 5.74) is 0.635. The van der Waals surface area contributed by atoms with Crippen molar-refractivity contribution in [1.82, 2.24) is 13.7 Å². The highest BCUT2D eigenvalue weighted by molar-refractivity contribution is 6.26. The smallest absolute Gasteiger partial charge is 0.221 e. The highest BCUT2D eigenvalue weighted by atomic mass is 16.3. The second-order valence-corrected chi connectivity index (χ2v) is 16.7. The van der Waals surface area contributed by atoms with Gasteiger partial charge in [0.15, 0.2) is 0 Å². The average Bonchev–Trinajstić information content (AvgIpc) is 1.61. The normalized spacial score (nSPS) is 14.7. The van der Waals surface area contributed by atoms with Crippen LogP contribution in [0, 0.1) is 17.9 Å². The van der Waals surface area contributed by atoms with Crippen molar-refractivity contribution in [2.45, 2.75) is 0 Å². The molecule has 0 saturated carbocycles. The zero-order chi connectivity index (χ0) is 56.8. The first-order valence-corrected chi connectivity index (χ1v) is 21.9. The van der Waals surface area contributed by atoms with Gasteiger partial charge in [-0.25, -0.2) is 4.85 Å². The molecule has 10 aromatic carbocycles. The maximum atomic E-state index is 12.3. The van der Waals surface area contributed by atoms with Gasteiger partial charge in [-0.1, -0.05) is 139 Å². The van der Waals surface area contributed by atoms with E-state index < -0.39 is 95.4 Å². The van der Waals surface area contributed by atoms with Crippen molar-refractivity contribution < 1.29 is 26.7 Å². The molecule has 5 heterocycles. The third kappa shape index (κ3) is 4.87. The first-order chi connectivity index (χ1) is 39.6. The number of benzene rings is 10. The highest BCUT2D eigenvalue weighted by Gasteiger charge is 2.34. The highest BCUT2D eigenvalue weighted by Crippen LogP contribution is 2.53. The van der Waals surface area contributed by atoms with E-state index in [1.165, 1.54) is 4.57 Å². The SMILES string of the molecule is [2H]c1c([2H])c([2H])c(-c2c(C#N)c(-n3c4ccccc4c4c5oc6ccccc6c5ccc43)c(-n3c4c([2H])c([2H])c([2H])c([2H])c4c4c([2H])c([2H])c([2H])c([2H])c43)c(-n3c4ccccc4c4c5oc6ccccc6c5ccc43)c2[N+]#[C-])c([2H])c1[2H]. The molecule has 0 atom stereocenters. The van der Waals surface area contributed by atoms with Gasteiger partial charge in [0, 0.05) is 48.7 Å². The number of para-hydroxylation sites is 6. The summed E-state index contributed by atoms with van der Waals surface area (Å²) in [6.45, 7) is 9.49. The Kier molecular flexibility index (Phi) is 5.42. The summed E-state index contributed by atoms with van der Waals surface area (Å²) in [6, 6.07) is 30.0. The number of furan rings is 2. The number of nitrogens with zero attached hydrogens (tertiary/aromatic N) is 5. The van der Waals surface area contributed by atoms with E-state index in [1.807, 2.05) is 97.1 Å². The minimum absolute atomic E-state index is 0.164. The zero-order valence-corrected chi connectivity index (χ0v) is 35.6. The summed E-state index contributed by atoms with van der Waals surface area (Å²) in [4.78, 5) is 4.25. The molecule has 7 heteroatoms. The summed E-state index contributed by atoms with van der Waals surface area (Å²) in [7, 11) is 0. The molecule has 0 saturated heterocycles. The molecule has 0 aliphatic heterocycles. The van der Waals surface area contributed by atoms with E-state index in [0.29, 0.717) is 65.9 Å². The van der Waals surface area contributed by atoms with E-state index in [9.17, 15) is 22.8 Å². The van der Waals surface area contributed by atoms with Gasteiger partial charge in [-0.15, -0.1) is 0 Å². The summed E-state index contributed by atoms with van der Waals surface area (Å²) in [6.07, 6.45) is 0. The van der Waals surface area contributed by atoms with Gasteiger partial charge in [-0.05, 0) is 66.2 Å². The number of fused-ring (bicyclic) bond motifs is 17. The average molecular weight is 893 g/mol. The minimum atomic E-state index is -0.759. The van der Waals surface area contributed by atoms with E-state index in [1.54, 1.807) is 33.4 Å². The molecule has 7 nitrogen and oxygen atoms in total. The molecule has 0 N–H and O–H groups in total. The molecule has 0 amide bonds. The van der Waals surface area contributed by atoms with Crippen LogP contribution in [0.3, 0.4) is 0 Å². The van der Waals surface area contributed by atoms with Crippen molar-refractivity contribution >= 4 is 115 Å². The Bertz CT molecular complexity index is 5290. The first kappa shape index (κ1) is 27.0. The lowest BCUT2D eigenvalue weighted by molar-refractivity contribution is 0.672. The lowest BCUT2D eigenvalue weighted by Crippen LogP contribution is -2.13. The van der Waals surface area contributed by atoms with Gasteiger partial charge in [0.1, 0.15) is 28.4 Å². The molecule has 5 aromatic heterocycles. The van der Waals surface area contributed by atoms with Crippen molar-refractivity contribution in [3.8, 4) is 34.3 Å². The third-order valence-corrected chi connectivity index (χ3v) is 13.4. The number of nitriles is 1. The second kappa shape index (κ2) is 13.9. The molecule has 0 radical (unpaired) electrons. The van der Waals surface area contributed by atoms with Crippen LogP contribution in [0.2, 0.25) is 0 Å². The molecule has 15 aromatic rings. The molecular weight excluding hydrogens is 847 g/mol. The molecule has 0 aliphatic rings. The summed E-state index contributed by atoms with van der Waals surface area (Å²) >= 11 is 0. The topological polar surface area (TPSA) is 69.2 Å². The van der Waals surface area contributed by atoms with E-state index in [0.717, 1.165) is 21.5 Å². The molecular formula is C62H33N5O2. The van der Waals surface area contributed by atoms with Crippen LogP contribution in [0.15, 0.2) is 209 Å². The van der Waals surface area contributed by atoms with Crippen LogP contribution in [0.1, 0.15) is 23.4 Å². The summed E-state index contributed by atoms with van der Waals surface area (Å²) in [5, 5.41) is 17.1. The quantitative estimate of drug-likeness (QED) is 0.165. The van der Waals surface area contributed by atoms with Crippen molar-refractivity contribution in [3.63, 3.8) is 0 Å². The lowest BCUT2D eigenvalue weighted by Gasteiger charge is -2.26. The van der Waals surface area contributed by atoms with Gasteiger partial charge >= 0.3 is 0 Å². The summed E-state index contributed by atoms with van der Waals surface area (Å²) in [5.74, 6) is 0. The largest absolute Gasteiger partial charge is 0.455 e. The zero-order valence-electron chi connectivity index (χ0n) is 48.6. The number of rotatable bonds is 4. The fourth-order valence-electron chi connectivity index (χ4n) is 10.8. The molecule has 0 aliphatic carbocycles. The van der Waals surface area contributed by atoms with Crippen molar-refractivity contribution in [3.05, 3.63) is 217 Å². The lowest BCUT2D eigenvalue weighted by atomic mass is 9.93. The fraction of sp³-hybridized carbons (Fsp3) is 0. The van der Waals surface area contributed by atoms with E-state index in [-0.39, 0.29) is 44.4 Å². The Morgan fingerprint density at radius 2 is 0.899 bits per heavy atom. The van der Waals surface area contributed by atoms with Crippen LogP contribution in [-0.4, -0.2) is 13.7 Å². The minimum Gasteiger partial charge on any atom is -0.455 e. The van der Waals surface area contributed by atoms with Crippen LogP contribution in [0.4, 0.5) is 5.69 Å². The van der Waals surface area contributed by atoms with Crippen molar-refractivity contribution in [1.29, 1.82) is 5.26 Å². The number of aromatic nitrogens is 3. The van der Waals surface area contributed by atoms with Gasteiger partial charge < -0.3 is 22.5 Å². The van der Waals surface area contributed by atoms with Crippen molar-refractivity contribution in [2.24, 2.45) is 0 Å². The monoisotopic (exact) mass is 892 g/mol. The number of hydrogen-bond donors (Lipinski definition) is 0. The van der Waals surface area contributed by atoms with E-state index in [2.05, 4.69) is 10.9 Å². The molecule has 318 valence electrons. The molecule has 0 fully saturated rings. The van der Waals surface area contributed by atoms with Crippen molar-refractivity contribution in [2.75, 3.05) is 0 Å². The van der Waals surface area contributed by atoms with Gasteiger partial charge in [-0.2, -0.15) is 5.26 Å². The number of hydrogen-bond acceptors (Lipinski definition) is 3. The Balaban J connectivity index is 1.32. The molecule has 0 spiro atoms. The maximum absolute atomic E-state index is 12.3. The molecule has 0 bridgehead atoms. The standard InChI is InChI=1S/C62H33N5O2/c1-64-57-54(36-17-3-2-4-18-36)45(35-63)58(66-48-27-13-7-23-43(48)55-50(66)33-31-41-39-21-9-15-29-52(39)68-61(41)55)60(65-46-25-11-5-19-37(46)38-20-6-12-26-47(38)65)59(57)67-49-28-14-8-24-44(49)56-51(67)34-32-42-40-22-10-16-30-53(40)69-62(42)56/h2-34H/i2D,3D,4D,5D,6D,11D,12D,17D,18D,19D,20D,25D,26D. The van der Waals surface area contributed by atoms with E-state index in [4.69, 9.17) is 15.7 Å². The fourth-order valence-corrected chi connectivity index (χ4v) is 10.8. The van der Waals surface area contributed by atoms with Gasteiger partial charge in [0.05, 0.1) is 90.9 Å². The van der Waals surface area contributed by atoms with Crippen LogP contribution in [-0.2, 0) is 0 Å².